The van der Waals surface area contributed by atoms with Gasteiger partial charge in [0.15, 0.2) is 5.38 Å². The fraction of sp³-hybridized carbons (Fsp3) is 0.333. The summed E-state index contributed by atoms with van der Waals surface area (Å²) in [4.78, 5) is 2.85. The lowest BCUT2D eigenvalue weighted by molar-refractivity contribution is -0.693. The number of nitriles is 1. The van der Waals surface area contributed by atoms with Crippen molar-refractivity contribution in [1.82, 2.24) is 4.98 Å². The van der Waals surface area contributed by atoms with Gasteiger partial charge in [-0.05, 0) is 0 Å². The van der Waals surface area contributed by atoms with Crippen LogP contribution in [-0.2, 0) is 6.54 Å². The van der Waals surface area contributed by atoms with Crippen molar-refractivity contribution in [1.29, 1.82) is 5.26 Å². The molecule has 1 aromatic heterocycles. The van der Waals surface area contributed by atoms with Crippen molar-refractivity contribution in [3.63, 3.8) is 0 Å². The van der Waals surface area contributed by atoms with E-state index in [0.717, 1.165) is 0 Å². The largest absolute Gasteiger partial charge is 0.250 e. The predicted molar refractivity (Wildman–Crippen MR) is 36.2 cm³/mol. The Kier molecular flexibility index (Phi) is 2.30. The van der Waals surface area contributed by atoms with Gasteiger partial charge in [0.05, 0.1) is 6.07 Å². The third-order valence-corrected chi connectivity index (χ3v) is 1.35. The molecule has 10 heavy (non-hydrogen) atoms. The number of aromatic nitrogens is 2. The van der Waals surface area contributed by atoms with Gasteiger partial charge in [-0.2, -0.15) is 5.26 Å². The molecule has 4 heteroatoms. The Bertz CT molecular complexity index is 224. The van der Waals surface area contributed by atoms with Gasteiger partial charge in [-0.25, -0.2) is 4.57 Å². The van der Waals surface area contributed by atoms with Crippen LogP contribution >= 0.6 is 11.6 Å². The summed E-state index contributed by atoms with van der Waals surface area (Å²) in [5, 5.41) is 7.88. The zero-order valence-electron chi connectivity index (χ0n) is 5.29. The highest BCUT2D eigenvalue weighted by atomic mass is 35.5. The van der Waals surface area contributed by atoms with E-state index in [9.17, 15) is 0 Å². The van der Waals surface area contributed by atoms with Crippen molar-refractivity contribution in [2.45, 2.75) is 11.9 Å². The minimum Gasteiger partial charge on any atom is -0.250 e. The molecule has 3 nitrogen and oxygen atoms in total. The fourth-order valence-electron chi connectivity index (χ4n) is 0.660. The molecule has 0 spiro atoms. The van der Waals surface area contributed by atoms with E-state index in [4.69, 9.17) is 16.9 Å². The monoisotopic (exact) mass is 156 g/mol. The van der Waals surface area contributed by atoms with Crippen molar-refractivity contribution in [3.8, 4) is 6.07 Å². The second-order valence-electron chi connectivity index (χ2n) is 1.90. The summed E-state index contributed by atoms with van der Waals surface area (Å²) in [5.41, 5.74) is 0. The lowest BCUT2D eigenvalue weighted by Gasteiger charge is -1.92. The number of hydrogen-bond acceptors (Lipinski definition) is 1. The number of nitrogens with zero attached hydrogens (tertiary/aromatic N) is 2. The lowest BCUT2D eigenvalue weighted by Crippen LogP contribution is -2.34. The second kappa shape index (κ2) is 3.23. The Labute approximate surface area is 63.9 Å². The summed E-state index contributed by atoms with van der Waals surface area (Å²) in [6.07, 6.45) is 5.36. The normalized spacial score (nSPS) is 12.4. The van der Waals surface area contributed by atoms with Crippen molar-refractivity contribution in [2.75, 3.05) is 0 Å². The zero-order chi connectivity index (χ0) is 7.40. The number of rotatable bonds is 2. The van der Waals surface area contributed by atoms with Crippen LogP contribution < -0.4 is 4.57 Å². The molecule has 52 valence electrons. The number of aromatic amines is 1. The highest BCUT2D eigenvalue weighted by Gasteiger charge is 2.05. The van der Waals surface area contributed by atoms with Gasteiger partial charge >= 0.3 is 0 Å². The maximum atomic E-state index is 8.33. The van der Waals surface area contributed by atoms with Gasteiger partial charge in [-0.1, -0.05) is 0 Å². The van der Waals surface area contributed by atoms with Crippen LogP contribution in [0, 0.1) is 11.3 Å². The van der Waals surface area contributed by atoms with Crippen LogP contribution in [0.3, 0.4) is 0 Å². The molecule has 0 radical (unpaired) electrons. The highest BCUT2D eigenvalue weighted by molar-refractivity contribution is 6.22. The van der Waals surface area contributed by atoms with Gasteiger partial charge in [0, 0.05) is 0 Å². The SMILES string of the molecule is N#C[C@@H](Cl)C[n+]1cc[nH]c1. The van der Waals surface area contributed by atoms with E-state index in [2.05, 4.69) is 4.98 Å². The summed E-state index contributed by atoms with van der Waals surface area (Å²) in [7, 11) is 0. The number of H-pyrrole nitrogens is 1. The average Bonchev–Trinajstić information content (AvgIpc) is 2.40. The smallest absolute Gasteiger partial charge is 0.241 e. The minimum atomic E-state index is -0.444. The summed E-state index contributed by atoms with van der Waals surface area (Å²) < 4.78 is 1.82. The Morgan fingerprint density at radius 2 is 2.60 bits per heavy atom. The second-order valence-corrected chi connectivity index (χ2v) is 2.43. The Hall–Kier alpha value is -1.01. The Balaban J connectivity index is 2.50. The van der Waals surface area contributed by atoms with E-state index in [0.29, 0.717) is 6.54 Å². The van der Waals surface area contributed by atoms with Crippen molar-refractivity contribution < 1.29 is 4.57 Å². The molecular weight excluding hydrogens is 150 g/mol. The van der Waals surface area contributed by atoms with Gasteiger partial charge in [0.1, 0.15) is 18.9 Å². The van der Waals surface area contributed by atoms with Gasteiger partial charge < -0.3 is 0 Å². The molecule has 0 unspecified atom stereocenters. The van der Waals surface area contributed by atoms with Crippen LogP contribution in [0.1, 0.15) is 0 Å². The maximum Gasteiger partial charge on any atom is 0.241 e. The van der Waals surface area contributed by atoms with E-state index in [1.165, 1.54) is 0 Å². The third kappa shape index (κ3) is 1.74. The molecule has 1 atom stereocenters. The highest BCUT2D eigenvalue weighted by Crippen LogP contribution is 1.91. The van der Waals surface area contributed by atoms with Gasteiger partial charge in [0.2, 0.25) is 6.33 Å². The van der Waals surface area contributed by atoms with Crippen LogP contribution in [0.25, 0.3) is 0 Å². The molecule has 1 N–H and O–H groups in total. The fourth-order valence-corrected chi connectivity index (χ4v) is 0.819. The predicted octanol–water partition coefficient (Wildman–Crippen LogP) is 0.433. The zero-order valence-corrected chi connectivity index (χ0v) is 6.04. The molecule has 1 heterocycles. The number of hydrogen-bond donors (Lipinski definition) is 1. The van der Waals surface area contributed by atoms with Gasteiger partial charge in [-0.15, -0.1) is 11.6 Å². The van der Waals surface area contributed by atoms with Crippen molar-refractivity contribution >= 4 is 11.6 Å². The van der Waals surface area contributed by atoms with Gasteiger partial charge in [-0.3, -0.25) is 4.98 Å². The maximum absolute atomic E-state index is 8.33. The quantitative estimate of drug-likeness (QED) is 0.490. The van der Waals surface area contributed by atoms with E-state index in [1.54, 1.807) is 12.5 Å². The number of halogens is 1. The topological polar surface area (TPSA) is 43.5 Å². The molecule has 1 rings (SSSR count). The van der Waals surface area contributed by atoms with E-state index in [1.807, 2.05) is 16.8 Å². The third-order valence-electron chi connectivity index (χ3n) is 1.11. The first-order valence-corrected chi connectivity index (χ1v) is 3.32. The summed E-state index contributed by atoms with van der Waals surface area (Å²) in [5.74, 6) is 0. The van der Waals surface area contributed by atoms with Crippen LogP contribution in [0.4, 0.5) is 0 Å². The Morgan fingerprint density at radius 3 is 3.10 bits per heavy atom. The average molecular weight is 157 g/mol. The van der Waals surface area contributed by atoms with Crippen LogP contribution in [0.5, 0.6) is 0 Å². The first kappa shape index (κ1) is 7.10. The molecule has 0 amide bonds. The molecule has 1 aromatic rings. The molecule has 0 saturated heterocycles. The molecular formula is C6H7ClN3+. The number of imidazole rings is 1. The first-order chi connectivity index (χ1) is 4.83. The van der Waals surface area contributed by atoms with Crippen LogP contribution in [0.2, 0.25) is 0 Å². The minimum absolute atomic E-state index is 0.444. The first-order valence-electron chi connectivity index (χ1n) is 2.88. The van der Waals surface area contributed by atoms with Crippen molar-refractivity contribution in [3.05, 3.63) is 18.7 Å². The molecule has 0 aliphatic carbocycles. The lowest BCUT2D eigenvalue weighted by atomic mass is 10.4. The molecule has 0 fully saturated rings. The number of nitrogens with one attached hydrogen (secondary N) is 1. The van der Waals surface area contributed by atoms with E-state index < -0.39 is 5.38 Å². The van der Waals surface area contributed by atoms with E-state index >= 15 is 0 Å². The van der Waals surface area contributed by atoms with Crippen LogP contribution in [-0.4, -0.2) is 10.4 Å². The van der Waals surface area contributed by atoms with Crippen LogP contribution in [0.15, 0.2) is 18.7 Å². The summed E-state index contributed by atoms with van der Waals surface area (Å²) >= 11 is 5.56. The molecule has 0 saturated carbocycles. The molecule has 0 bridgehead atoms. The standard InChI is InChI=1S/C6H6ClN3/c7-6(3-8)4-10-2-1-9-5-10/h1-2,5-6H,4H2/p+1/t6-/m1/s1. The number of alkyl halides is 1. The van der Waals surface area contributed by atoms with Crippen molar-refractivity contribution in [2.24, 2.45) is 0 Å². The summed E-state index contributed by atoms with van der Waals surface area (Å²) in [6.45, 7) is 0.529. The van der Waals surface area contributed by atoms with E-state index in [-0.39, 0.29) is 0 Å². The Morgan fingerprint density at radius 1 is 1.80 bits per heavy atom. The van der Waals surface area contributed by atoms with Gasteiger partial charge in [0.25, 0.3) is 0 Å². The molecule has 0 aliphatic rings. The summed E-state index contributed by atoms with van der Waals surface area (Å²) in [6, 6.07) is 1.93. The molecule has 0 aromatic carbocycles. The molecule has 0 aliphatic heterocycles.